The van der Waals surface area contributed by atoms with Gasteiger partial charge in [0.15, 0.2) is 0 Å². The molecule has 0 nitrogen and oxygen atoms in total. The van der Waals surface area contributed by atoms with E-state index in [4.69, 9.17) is 0 Å². The molecule has 0 aliphatic carbocycles. The molecule has 0 unspecified atom stereocenters. The van der Waals surface area contributed by atoms with Crippen LogP contribution in [0.15, 0.2) is 182 Å². The zero-order valence-electron chi connectivity index (χ0n) is 35.7. The van der Waals surface area contributed by atoms with E-state index in [0.717, 1.165) is 0 Å². The summed E-state index contributed by atoms with van der Waals surface area (Å²) in [6, 6.07) is 68.9. The molecule has 0 saturated carbocycles. The van der Waals surface area contributed by atoms with Gasteiger partial charge >= 0.3 is 367 Å². The number of hydrogen-bond donors (Lipinski definition) is 0. The Hall–Kier alpha value is -6.24. The molecule has 0 aliphatic heterocycles. The maximum atomic E-state index is 2.53. The van der Waals surface area contributed by atoms with Gasteiger partial charge in [-0.05, 0) is 0 Å². The molecule has 11 rings (SSSR count). The van der Waals surface area contributed by atoms with E-state index >= 15 is 0 Å². The van der Waals surface area contributed by atoms with Crippen molar-refractivity contribution in [3.8, 4) is 44.5 Å². The van der Waals surface area contributed by atoms with Crippen molar-refractivity contribution in [1.29, 1.82) is 0 Å². The van der Waals surface area contributed by atoms with Gasteiger partial charge in [-0.15, -0.1) is 0 Å². The van der Waals surface area contributed by atoms with Crippen molar-refractivity contribution in [2.24, 2.45) is 0 Å². The first-order valence-electron chi connectivity index (χ1n) is 21.6. The van der Waals surface area contributed by atoms with Gasteiger partial charge in [0.25, 0.3) is 0 Å². The Kier molecular flexibility index (Phi) is 8.77. The number of rotatable bonds is 4. The molecular weight excluding hydrogens is 800 g/mol. The molecule has 0 amide bonds. The monoisotopic (exact) mass is 848 g/mol. The topological polar surface area (TPSA) is 0 Å². The van der Waals surface area contributed by atoms with Gasteiger partial charge in [0.1, 0.15) is 0 Å². The van der Waals surface area contributed by atoms with Crippen LogP contribution in [-0.4, -0.2) is 14.5 Å². The standard InChI is InChI=1S/C60H48Se/c1-59(2,3)40-33-39(34-41(36-40)60(4,5)6)56-45-23-12-10-21-43(45)55(44-22-11-13-24-46(44)56)38-31-32-42-51-29-18-30-52(58(51)61-53(42)35-38)57-49-27-16-14-25-47(49)54(37-19-8-7-9-20-37)48-26-15-17-28-50(48)57/h7-36H,1-6H3. The van der Waals surface area contributed by atoms with Crippen LogP contribution >= 0.6 is 0 Å². The average Bonchev–Trinajstić information content (AvgIpc) is 3.65. The van der Waals surface area contributed by atoms with Crippen LogP contribution in [0.1, 0.15) is 52.7 Å². The summed E-state index contributed by atoms with van der Waals surface area (Å²) in [4.78, 5) is 0. The summed E-state index contributed by atoms with van der Waals surface area (Å²) >= 11 is 0.111. The van der Waals surface area contributed by atoms with Gasteiger partial charge in [-0.1, -0.05) is 0 Å². The zero-order valence-corrected chi connectivity index (χ0v) is 37.4. The molecule has 0 radical (unpaired) electrons. The van der Waals surface area contributed by atoms with E-state index in [1.54, 1.807) is 0 Å². The molecule has 0 spiro atoms. The predicted molar refractivity (Wildman–Crippen MR) is 268 cm³/mol. The Morgan fingerprint density at radius 2 is 0.705 bits per heavy atom. The number of fused-ring (bicyclic) bond motifs is 7. The molecule has 0 atom stereocenters. The summed E-state index contributed by atoms with van der Waals surface area (Å²) < 4.78 is 2.93. The van der Waals surface area contributed by atoms with E-state index in [2.05, 4.69) is 224 Å². The number of hydrogen-bond acceptors (Lipinski definition) is 0. The molecule has 0 fully saturated rings. The zero-order chi connectivity index (χ0) is 41.6. The van der Waals surface area contributed by atoms with Crippen LogP contribution in [0.5, 0.6) is 0 Å². The molecule has 0 saturated heterocycles. The Morgan fingerprint density at radius 3 is 1.18 bits per heavy atom. The van der Waals surface area contributed by atoms with Crippen LogP contribution in [0, 0.1) is 0 Å². The van der Waals surface area contributed by atoms with E-state index in [0.29, 0.717) is 0 Å². The molecule has 1 heterocycles. The molecule has 10 aromatic carbocycles. The first-order valence-corrected chi connectivity index (χ1v) is 23.3. The molecular formula is C60H48Se. The summed E-state index contributed by atoms with van der Waals surface area (Å²) in [5.41, 5.74) is 13.3. The van der Waals surface area contributed by atoms with Crippen molar-refractivity contribution >= 4 is 76.9 Å². The number of benzene rings is 10. The molecule has 1 aromatic heterocycles. The fourth-order valence-electron chi connectivity index (χ4n) is 9.87. The molecule has 294 valence electrons. The third-order valence-corrected chi connectivity index (χ3v) is 15.5. The minimum absolute atomic E-state index is 0.0248. The van der Waals surface area contributed by atoms with Crippen molar-refractivity contribution < 1.29 is 0 Å². The quantitative estimate of drug-likeness (QED) is 0.122. The fourth-order valence-corrected chi connectivity index (χ4v) is 12.5. The van der Waals surface area contributed by atoms with Crippen LogP contribution in [0.2, 0.25) is 0 Å². The summed E-state index contributed by atoms with van der Waals surface area (Å²) in [6.07, 6.45) is 0. The molecule has 11 aromatic rings. The van der Waals surface area contributed by atoms with Crippen molar-refractivity contribution in [2.45, 2.75) is 52.4 Å². The predicted octanol–water partition coefficient (Wildman–Crippen LogP) is 16.9. The molecule has 1 heteroatoms. The van der Waals surface area contributed by atoms with E-state index in [1.165, 1.54) is 118 Å². The van der Waals surface area contributed by atoms with Crippen LogP contribution < -0.4 is 0 Å². The SMILES string of the molecule is CC(C)(C)c1cc(-c2c3ccccc3c(-c3ccc4c(c3)[se]c3c(-c5c6ccccc6c(-c6ccccc6)c6ccccc56)cccc34)c3ccccc23)cc(C(C)(C)C)c1. The minimum atomic E-state index is 0.0248. The van der Waals surface area contributed by atoms with E-state index in [-0.39, 0.29) is 25.3 Å². The second kappa shape index (κ2) is 14.2. The third kappa shape index (κ3) is 6.17. The van der Waals surface area contributed by atoms with Crippen LogP contribution in [0.25, 0.3) is 107 Å². The van der Waals surface area contributed by atoms with Crippen molar-refractivity contribution in [1.82, 2.24) is 0 Å². The van der Waals surface area contributed by atoms with Gasteiger partial charge in [-0.25, -0.2) is 0 Å². The van der Waals surface area contributed by atoms with E-state index < -0.39 is 0 Å². The first kappa shape index (κ1) is 37.7. The van der Waals surface area contributed by atoms with E-state index in [1.807, 2.05) is 0 Å². The summed E-state index contributed by atoms with van der Waals surface area (Å²) in [5, 5.41) is 13.2. The fraction of sp³-hybridized carbons (Fsp3) is 0.133. The van der Waals surface area contributed by atoms with Crippen molar-refractivity contribution in [3.63, 3.8) is 0 Å². The van der Waals surface area contributed by atoms with Gasteiger partial charge in [-0.2, -0.15) is 0 Å². The van der Waals surface area contributed by atoms with E-state index in [9.17, 15) is 0 Å². The Morgan fingerprint density at radius 1 is 0.295 bits per heavy atom. The van der Waals surface area contributed by atoms with Gasteiger partial charge in [0.05, 0.1) is 0 Å². The van der Waals surface area contributed by atoms with Gasteiger partial charge < -0.3 is 0 Å². The van der Waals surface area contributed by atoms with Crippen LogP contribution in [0.3, 0.4) is 0 Å². The molecule has 61 heavy (non-hydrogen) atoms. The molecule has 0 aliphatic rings. The van der Waals surface area contributed by atoms with Gasteiger partial charge in [0, 0.05) is 0 Å². The summed E-state index contributed by atoms with van der Waals surface area (Å²) in [6.45, 7) is 14.0. The Labute approximate surface area is 364 Å². The van der Waals surface area contributed by atoms with Crippen molar-refractivity contribution in [2.75, 3.05) is 0 Å². The van der Waals surface area contributed by atoms with Gasteiger partial charge in [0.2, 0.25) is 0 Å². The van der Waals surface area contributed by atoms with Gasteiger partial charge in [-0.3, -0.25) is 0 Å². The maximum absolute atomic E-state index is 2.53. The normalized spacial score (nSPS) is 12.4. The molecule has 0 N–H and O–H groups in total. The Balaban J connectivity index is 1.15. The van der Waals surface area contributed by atoms with Crippen LogP contribution in [-0.2, 0) is 10.8 Å². The molecule has 0 bridgehead atoms. The summed E-state index contributed by atoms with van der Waals surface area (Å²) in [5.74, 6) is 0. The second-order valence-electron chi connectivity index (χ2n) is 18.8. The summed E-state index contributed by atoms with van der Waals surface area (Å²) in [7, 11) is 0. The second-order valence-corrected chi connectivity index (χ2v) is 21.1. The van der Waals surface area contributed by atoms with Crippen molar-refractivity contribution in [3.05, 3.63) is 193 Å². The Bertz CT molecular complexity index is 3390. The van der Waals surface area contributed by atoms with Crippen LogP contribution in [0.4, 0.5) is 0 Å². The third-order valence-electron chi connectivity index (χ3n) is 12.9. The average molecular weight is 848 g/mol. The first-order chi connectivity index (χ1) is 29.5.